The molecular formula is C13H24N4O. The second kappa shape index (κ2) is 7.87. The average Bonchev–Trinajstić information content (AvgIpc) is 2.33. The standard InChI is InChI=1S/C13H24N4O/c1-4-8-18-12-9-11(3)16-13(17-12)15-10(2)6-5-7-14/h9-10H,4-8,14H2,1-3H3,(H,15,16,17). The van der Waals surface area contributed by atoms with Gasteiger partial charge in [0.2, 0.25) is 11.8 Å². The molecule has 1 unspecified atom stereocenters. The zero-order valence-electron chi connectivity index (χ0n) is 11.6. The van der Waals surface area contributed by atoms with E-state index in [0.29, 0.717) is 31.0 Å². The number of hydrogen-bond acceptors (Lipinski definition) is 5. The highest BCUT2D eigenvalue weighted by Crippen LogP contribution is 2.13. The Labute approximate surface area is 109 Å². The van der Waals surface area contributed by atoms with Crippen LogP contribution in [0.15, 0.2) is 6.07 Å². The van der Waals surface area contributed by atoms with Crippen LogP contribution in [0.1, 0.15) is 38.8 Å². The Morgan fingerprint density at radius 1 is 1.44 bits per heavy atom. The second-order valence-electron chi connectivity index (χ2n) is 4.50. The van der Waals surface area contributed by atoms with Gasteiger partial charge in [-0.3, -0.25) is 0 Å². The number of aromatic nitrogens is 2. The molecule has 0 spiro atoms. The van der Waals surface area contributed by atoms with Crippen molar-refractivity contribution in [1.82, 2.24) is 9.97 Å². The zero-order chi connectivity index (χ0) is 13.4. The first-order chi connectivity index (χ1) is 8.65. The third-order valence-corrected chi connectivity index (χ3v) is 2.50. The van der Waals surface area contributed by atoms with Crippen LogP contribution < -0.4 is 15.8 Å². The Bertz CT molecular complexity index is 357. The minimum absolute atomic E-state index is 0.314. The lowest BCUT2D eigenvalue weighted by Crippen LogP contribution is -2.19. The van der Waals surface area contributed by atoms with E-state index in [1.54, 1.807) is 0 Å². The van der Waals surface area contributed by atoms with Crippen LogP contribution >= 0.6 is 0 Å². The van der Waals surface area contributed by atoms with Crippen molar-refractivity contribution in [2.24, 2.45) is 5.73 Å². The minimum atomic E-state index is 0.314. The van der Waals surface area contributed by atoms with Crippen molar-refractivity contribution < 1.29 is 4.74 Å². The predicted molar refractivity (Wildman–Crippen MR) is 73.9 cm³/mol. The Balaban J connectivity index is 2.61. The van der Waals surface area contributed by atoms with Gasteiger partial charge in [0, 0.05) is 17.8 Å². The number of aryl methyl sites for hydroxylation is 1. The first kappa shape index (κ1) is 14.7. The molecular weight excluding hydrogens is 228 g/mol. The van der Waals surface area contributed by atoms with Gasteiger partial charge in [-0.15, -0.1) is 0 Å². The summed E-state index contributed by atoms with van der Waals surface area (Å²) >= 11 is 0. The van der Waals surface area contributed by atoms with Gasteiger partial charge in [-0.25, -0.2) is 4.98 Å². The summed E-state index contributed by atoms with van der Waals surface area (Å²) in [7, 11) is 0. The molecule has 5 nitrogen and oxygen atoms in total. The number of nitrogens with two attached hydrogens (primary N) is 1. The fraction of sp³-hybridized carbons (Fsp3) is 0.692. The molecule has 3 N–H and O–H groups in total. The van der Waals surface area contributed by atoms with E-state index >= 15 is 0 Å². The summed E-state index contributed by atoms with van der Waals surface area (Å²) in [4.78, 5) is 8.70. The molecule has 0 saturated heterocycles. The molecule has 18 heavy (non-hydrogen) atoms. The van der Waals surface area contributed by atoms with Crippen molar-refractivity contribution in [1.29, 1.82) is 0 Å². The van der Waals surface area contributed by atoms with Crippen LogP contribution in [-0.4, -0.2) is 29.2 Å². The lowest BCUT2D eigenvalue weighted by molar-refractivity contribution is 0.305. The van der Waals surface area contributed by atoms with E-state index in [2.05, 4.69) is 29.1 Å². The third kappa shape index (κ3) is 5.31. The van der Waals surface area contributed by atoms with Gasteiger partial charge in [0.15, 0.2) is 0 Å². The second-order valence-corrected chi connectivity index (χ2v) is 4.50. The van der Waals surface area contributed by atoms with Gasteiger partial charge in [-0.05, 0) is 39.7 Å². The van der Waals surface area contributed by atoms with E-state index in [9.17, 15) is 0 Å². The van der Waals surface area contributed by atoms with Crippen molar-refractivity contribution in [2.45, 2.75) is 46.1 Å². The summed E-state index contributed by atoms with van der Waals surface area (Å²) < 4.78 is 5.53. The van der Waals surface area contributed by atoms with Crippen molar-refractivity contribution in [2.75, 3.05) is 18.5 Å². The predicted octanol–water partition coefficient (Wildman–Crippen LogP) is 2.11. The maximum absolute atomic E-state index is 5.53. The van der Waals surface area contributed by atoms with Gasteiger partial charge in [0.05, 0.1) is 6.61 Å². The maximum atomic E-state index is 5.53. The van der Waals surface area contributed by atoms with Crippen LogP contribution in [0.2, 0.25) is 0 Å². The van der Waals surface area contributed by atoms with Gasteiger partial charge in [-0.1, -0.05) is 6.92 Å². The normalized spacial score (nSPS) is 12.2. The number of rotatable bonds is 8. The van der Waals surface area contributed by atoms with Crippen LogP contribution in [0.4, 0.5) is 5.95 Å². The Kier molecular flexibility index (Phi) is 6.43. The van der Waals surface area contributed by atoms with Crippen molar-refractivity contribution in [3.63, 3.8) is 0 Å². The average molecular weight is 252 g/mol. The molecule has 0 radical (unpaired) electrons. The van der Waals surface area contributed by atoms with E-state index in [-0.39, 0.29) is 0 Å². The van der Waals surface area contributed by atoms with Crippen molar-refractivity contribution in [3.05, 3.63) is 11.8 Å². The highest BCUT2D eigenvalue weighted by atomic mass is 16.5. The molecule has 0 bridgehead atoms. The molecule has 0 aromatic carbocycles. The fourth-order valence-corrected chi connectivity index (χ4v) is 1.60. The van der Waals surface area contributed by atoms with Gasteiger partial charge >= 0.3 is 0 Å². The number of hydrogen-bond donors (Lipinski definition) is 2. The Morgan fingerprint density at radius 2 is 2.22 bits per heavy atom. The molecule has 102 valence electrons. The quantitative estimate of drug-likeness (QED) is 0.741. The zero-order valence-corrected chi connectivity index (χ0v) is 11.6. The molecule has 1 heterocycles. The topological polar surface area (TPSA) is 73.1 Å². The van der Waals surface area contributed by atoms with E-state index in [1.807, 2.05) is 13.0 Å². The molecule has 0 fully saturated rings. The van der Waals surface area contributed by atoms with E-state index in [0.717, 1.165) is 25.0 Å². The van der Waals surface area contributed by atoms with E-state index < -0.39 is 0 Å². The number of nitrogens with one attached hydrogen (secondary N) is 1. The summed E-state index contributed by atoms with van der Waals surface area (Å²) in [5.74, 6) is 1.27. The maximum Gasteiger partial charge on any atom is 0.226 e. The molecule has 1 aromatic heterocycles. The number of anilines is 1. The number of ether oxygens (including phenoxy) is 1. The van der Waals surface area contributed by atoms with Crippen LogP contribution in [-0.2, 0) is 0 Å². The lowest BCUT2D eigenvalue weighted by Gasteiger charge is -2.14. The summed E-state index contributed by atoms with van der Waals surface area (Å²) in [5.41, 5.74) is 6.40. The Morgan fingerprint density at radius 3 is 2.89 bits per heavy atom. The number of nitrogens with zero attached hydrogens (tertiary/aromatic N) is 2. The van der Waals surface area contributed by atoms with Crippen LogP contribution in [0.3, 0.4) is 0 Å². The molecule has 1 rings (SSSR count). The van der Waals surface area contributed by atoms with Crippen molar-refractivity contribution >= 4 is 5.95 Å². The smallest absolute Gasteiger partial charge is 0.226 e. The van der Waals surface area contributed by atoms with Gasteiger partial charge in [0.1, 0.15) is 0 Å². The first-order valence-corrected chi connectivity index (χ1v) is 6.60. The highest BCUT2D eigenvalue weighted by Gasteiger charge is 2.06. The van der Waals surface area contributed by atoms with Gasteiger partial charge in [-0.2, -0.15) is 4.98 Å². The molecule has 0 aliphatic carbocycles. The molecule has 1 atom stereocenters. The summed E-state index contributed by atoms with van der Waals surface area (Å²) in [6.45, 7) is 7.51. The molecule has 1 aromatic rings. The van der Waals surface area contributed by atoms with Crippen LogP contribution in [0.25, 0.3) is 0 Å². The first-order valence-electron chi connectivity index (χ1n) is 6.60. The third-order valence-electron chi connectivity index (χ3n) is 2.50. The summed E-state index contributed by atoms with van der Waals surface area (Å²) in [5, 5.41) is 3.28. The SMILES string of the molecule is CCCOc1cc(C)nc(NC(C)CCCN)n1. The molecule has 0 amide bonds. The lowest BCUT2D eigenvalue weighted by atomic mass is 10.2. The molecule has 0 aliphatic heterocycles. The van der Waals surface area contributed by atoms with Crippen LogP contribution in [0, 0.1) is 6.92 Å². The van der Waals surface area contributed by atoms with E-state index in [4.69, 9.17) is 10.5 Å². The van der Waals surface area contributed by atoms with Gasteiger partial charge < -0.3 is 15.8 Å². The Hall–Kier alpha value is -1.36. The highest BCUT2D eigenvalue weighted by molar-refractivity contribution is 5.31. The fourth-order valence-electron chi connectivity index (χ4n) is 1.60. The monoisotopic (exact) mass is 252 g/mol. The van der Waals surface area contributed by atoms with Crippen LogP contribution in [0.5, 0.6) is 5.88 Å². The van der Waals surface area contributed by atoms with E-state index in [1.165, 1.54) is 0 Å². The molecule has 0 aliphatic rings. The molecule has 5 heteroatoms. The summed E-state index contributed by atoms with van der Waals surface area (Å²) in [6.07, 6.45) is 2.98. The summed E-state index contributed by atoms with van der Waals surface area (Å²) in [6, 6.07) is 2.17. The van der Waals surface area contributed by atoms with Gasteiger partial charge in [0.25, 0.3) is 0 Å². The molecule has 0 saturated carbocycles. The van der Waals surface area contributed by atoms with Crippen molar-refractivity contribution in [3.8, 4) is 5.88 Å². The minimum Gasteiger partial charge on any atom is -0.478 e. The largest absolute Gasteiger partial charge is 0.478 e.